The maximum atomic E-state index is 13.2. The van der Waals surface area contributed by atoms with Gasteiger partial charge in [-0.05, 0) is 49.7 Å². The first-order valence-electron chi connectivity index (χ1n) is 15.3. The molecule has 2 bridgehead atoms. The largest absolute Gasteiger partial charge is 0.504 e. The minimum absolute atomic E-state index is 0.0721. The standard InChI is InChI=1S/C33H35NO14/c1-34-12-11-32-25-17-7-8-18(35)27(25)47-28(32)20(9-10-33(32,44)22(34)13-17)45-24(39)14-19(36)30(42)48-26(16-5-3-2-4-6-16)31(43)46-21(29(40)41)15-23(37)38/h2-9,19,21-22,26,28,30,35-36,42,44H,10-15H2,1H3,(H,37,38)(H,40,41)/t19-,21+,22+,26-,28-,30?,32?,33+/m0/s1. The van der Waals surface area contributed by atoms with Gasteiger partial charge in [-0.2, -0.15) is 0 Å². The number of hydrogen-bond acceptors (Lipinski definition) is 13. The summed E-state index contributed by atoms with van der Waals surface area (Å²) in [6.45, 7) is 0.610. The van der Waals surface area contributed by atoms with Crippen molar-refractivity contribution in [3.05, 3.63) is 71.0 Å². The molecule has 8 atom stereocenters. The molecule has 2 aliphatic heterocycles. The molecule has 0 radical (unpaired) electrons. The first-order valence-corrected chi connectivity index (χ1v) is 15.3. The fourth-order valence-corrected chi connectivity index (χ4v) is 7.55. The molecule has 15 nitrogen and oxygen atoms in total. The summed E-state index contributed by atoms with van der Waals surface area (Å²) in [6, 6.07) is 10.5. The van der Waals surface area contributed by atoms with E-state index in [9.17, 15) is 44.7 Å². The van der Waals surface area contributed by atoms with Crippen molar-refractivity contribution in [2.45, 2.75) is 79.9 Å². The van der Waals surface area contributed by atoms with Gasteiger partial charge < -0.3 is 54.5 Å². The molecule has 0 saturated carbocycles. The average molecular weight is 670 g/mol. The van der Waals surface area contributed by atoms with E-state index in [1.54, 1.807) is 12.1 Å². The molecule has 0 aromatic heterocycles. The molecule has 1 saturated heterocycles. The normalized spacial score (nSPS) is 27.7. The molecule has 4 aliphatic rings. The number of nitrogens with zero attached hydrogens (tertiary/aromatic N) is 1. The molecule has 6 rings (SSSR count). The van der Waals surface area contributed by atoms with Gasteiger partial charge in [-0.15, -0.1) is 0 Å². The number of ether oxygens (including phenoxy) is 4. The van der Waals surface area contributed by atoms with Crippen LogP contribution < -0.4 is 4.74 Å². The Kier molecular flexibility index (Phi) is 8.68. The minimum atomic E-state index is -2.19. The van der Waals surface area contributed by atoms with Crippen LogP contribution in [0.3, 0.4) is 0 Å². The van der Waals surface area contributed by atoms with Crippen LogP contribution in [0, 0.1) is 0 Å². The molecule has 2 aromatic carbocycles. The van der Waals surface area contributed by atoms with Crippen molar-refractivity contribution in [1.82, 2.24) is 4.90 Å². The second kappa shape index (κ2) is 12.5. The topological polar surface area (TPSA) is 230 Å². The van der Waals surface area contributed by atoms with E-state index in [4.69, 9.17) is 24.1 Å². The number of aromatic hydroxyl groups is 1. The Labute approximate surface area is 273 Å². The summed E-state index contributed by atoms with van der Waals surface area (Å²) in [5.74, 6) is -5.44. The van der Waals surface area contributed by atoms with Gasteiger partial charge in [-0.3, -0.25) is 9.59 Å². The smallest absolute Gasteiger partial charge is 0.345 e. The number of carbonyl (C=O) groups is 4. The number of esters is 2. The molecule has 2 aromatic rings. The maximum absolute atomic E-state index is 13.2. The number of aliphatic carboxylic acids is 2. The Bertz CT molecular complexity index is 1660. The van der Waals surface area contributed by atoms with E-state index in [0.29, 0.717) is 24.9 Å². The Morgan fingerprint density at radius 1 is 1.06 bits per heavy atom. The van der Waals surface area contributed by atoms with E-state index in [-0.39, 0.29) is 35.3 Å². The number of carbonyl (C=O) groups excluding carboxylic acids is 2. The Balaban J connectivity index is 1.17. The van der Waals surface area contributed by atoms with Crippen LogP contribution in [-0.2, 0) is 45.2 Å². The Morgan fingerprint density at radius 2 is 1.79 bits per heavy atom. The zero-order valence-electron chi connectivity index (χ0n) is 25.7. The number of piperidine rings is 1. The lowest BCUT2D eigenvalue weighted by atomic mass is 9.50. The van der Waals surface area contributed by atoms with E-state index in [1.165, 1.54) is 30.3 Å². The van der Waals surface area contributed by atoms with E-state index in [2.05, 4.69) is 4.90 Å². The van der Waals surface area contributed by atoms with Gasteiger partial charge in [0.15, 0.2) is 30.0 Å². The molecule has 48 heavy (non-hydrogen) atoms. The number of hydrogen-bond donors (Lipinski definition) is 6. The number of phenolic OH excluding ortho intramolecular Hbond substituents is 1. The summed E-state index contributed by atoms with van der Waals surface area (Å²) >= 11 is 0. The van der Waals surface area contributed by atoms with Gasteiger partial charge in [-0.25, -0.2) is 9.59 Å². The molecule has 6 N–H and O–H groups in total. The number of aliphatic hydroxyl groups excluding tert-OH is 2. The van der Waals surface area contributed by atoms with Crippen molar-refractivity contribution in [2.24, 2.45) is 0 Å². The van der Waals surface area contributed by atoms with Gasteiger partial charge >= 0.3 is 23.9 Å². The zero-order chi connectivity index (χ0) is 34.5. The Morgan fingerprint density at radius 3 is 2.48 bits per heavy atom. The number of carboxylic acids is 2. The average Bonchev–Trinajstić information content (AvgIpc) is 3.40. The van der Waals surface area contributed by atoms with Crippen molar-refractivity contribution < 1.29 is 68.8 Å². The summed E-state index contributed by atoms with van der Waals surface area (Å²) in [6.07, 6.45) is -8.20. The third-order valence-electron chi connectivity index (χ3n) is 9.78. The van der Waals surface area contributed by atoms with Crippen LogP contribution in [0.15, 0.2) is 54.3 Å². The van der Waals surface area contributed by atoms with Crippen LogP contribution in [-0.4, -0.2) is 109 Å². The highest BCUT2D eigenvalue weighted by atomic mass is 16.7. The molecule has 1 spiro atoms. The summed E-state index contributed by atoms with van der Waals surface area (Å²) in [5, 5.41) is 62.6. The van der Waals surface area contributed by atoms with E-state index >= 15 is 0 Å². The minimum Gasteiger partial charge on any atom is -0.504 e. The SMILES string of the molecule is CN1CCC23c4c5ccc(O)c4O[C@H]2C(OC(=O)C[C@H](O)C(O)O[C@H](C(=O)O[C@H](CC(=O)O)C(=O)O)c2ccccc2)=CC[C@@]3(O)[C@H]1C5. The van der Waals surface area contributed by atoms with Gasteiger partial charge in [0.05, 0.1) is 23.9 Å². The number of phenols is 1. The highest BCUT2D eigenvalue weighted by molar-refractivity contribution is 5.84. The van der Waals surface area contributed by atoms with Gasteiger partial charge in [-0.1, -0.05) is 36.4 Å². The van der Waals surface area contributed by atoms with Crippen molar-refractivity contribution in [3.63, 3.8) is 0 Å². The second-order valence-corrected chi connectivity index (χ2v) is 12.5. The highest BCUT2D eigenvalue weighted by Crippen LogP contribution is 2.65. The monoisotopic (exact) mass is 669 g/mol. The molecular weight excluding hydrogens is 634 g/mol. The lowest BCUT2D eigenvalue weighted by Gasteiger charge is -2.61. The van der Waals surface area contributed by atoms with E-state index in [0.717, 1.165) is 5.56 Å². The van der Waals surface area contributed by atoms with Crippen LogP contribution in [0.4, 0.5) is 0 Å². The predicted octanol–water partition coefficient (Wildman–Crippen LogP) is 0.512. The summed E-state index contributed by atoms with van der Waals surface area (Å²) in [7, 11) is 1.93. The van der Waals surface area contributed by atoms with Crippen molar-refractivity contribution in [3.8, 4) is 11.5 Å². The number of rotatable bonds is 12. The van der Waals surface area contributed by atoms with Crippen molar-refractivity contribution in [1.29, 1.82) is 0 Å². The van der Waals surface area contributed by atoms with Crippen molar-refractivity contribution in [2.75, 3.05) is 13.6 Å². The summed E-state index contributed by atoms with van der Waals surface area (Å²) in [5.41, 5.74) is -0.619. The number of aliphatic hydroxyl groups is 3. The predicted molar refractivity (Wildman–Crippen MR) is 159 cm³/mol. The van der Waals surface area contributed by atoms with Crippen LogP contribution in [0.5, 0.6) is 11.5 Å². The van der Waals surface area contributed by atoms with E-state index < -0.39 is 78.4 Å². The Hall–Kier alpha value is -4.54. The van der Waals surface area contributed by atoms with Gasteiger partial charge in [0.1, 0.15) is 11.9 Å². The fourth-order valence-electron chi connectivity index (χ4n) is 7.55. The third kappa shape index (κ3) is 5.46. The van der Waals surface area contributed by atoms with Crippen LogP contribution in [0.2, 0.25) is 0 Å². The lowest BCUT2D eigenvalue weighted by molar-refractivity contribution is -0.211. The van der Waals surface area contributed by atoms with Crippen LogP contribution in [0.1, 0.15) is 48.5 Å². The summed E-state index contributed by atoms with van der Waals surface area (Å²) < 4.78 is 22.1. The molecule has 256 valence electrons. The fraction of sp³-hybridized carbons (Fsp3) is 0.455. The van der Waals surface area contributed by atoms with Crippen LogP contribution >= 0.6 is 0 Å². The van der Waals surface area contributed by atoms with Crippen molar-refractivity contribution >= 4 is 23.9 Å². The molecule has 2 heterocycles. The molecule has 0 amide bonds. The first-order chi connectivity index (χ1) is 22.8. The van der Waals surface area contributed by atoms with Gasteiger partial charge in [0.2, 0.25) is 6.10 Å². The first kappa shape index (κ1) is 33.4. The van der Waals surface area contributed by atoms with Gasteiger partial charge in [0.25, 0.3) is 0 Å². The number of benzene rings is 2. The molecule has 1 fully saturated rings. The second-order valence-electron chi connectivity index (χ2n) is 12.5. The summed E-state index contributed by atoms with van der Waals surface area (Å²) in [4.78, 5) is 50.7. The zero-order valence-corrected chi connectivity index (χ0v) is 25.7. The molecular formula is C33H35NO14. The third-order valence-corrected chi connectivity index (χ3v) is 9.78. The molecule has 2 unspecified atom stereocenters. The van der Waals surface area contributed by atoms with Gasteiger partial charge in [0, 0.05) is 18.0 Å². The number of carboxylic acid groups (broad SMARTS) is 2. The lowest BCUT2D eigenvalue weighted by Crippen LogP contribution is -2.74. The quantitative estimate of drug-likeness (QED) is 0.134. The molecule has 15 heteroatoms. The number of likely N-dealkylation sites (tertiary alicyclic amines) is 1. The van der Waals surface area contributed by atoms with E-state index in [1.807, 2.05) is 13.1 Å². The highest BCUT2D eigenvalue weighted by Gasteiger charge is 2.72. The molecule has 2 aliphatic carbocycles. The number of likely N-dealkylation sites (N-methyl/N-ethyl adjacent to an activating group) is 1. The maximum Gasteiger partial charge on any atom is 0.345 e. The van der Waals surface area contributed by atoms with Crippen LogP contribution in [0.25, 0.3) is 0 Å².